The lowest BCUT2D eigenvalue weighted by Gasteiger charge is -2.43. The van der Waals surface area contributed by atoms with Crippen LogP contribution in [0.3, 0.4) is 0 Å². The quantitative estimate of drug-likeness (QED) is 0.720. The number of rotatable bonds is 4. The Balaban J connectivity index is 1.53. The van der Waals surface area contributed by atoms with Crippen molar-refractivity contribution in [1.82, 2.24) is 19.4 Å². The summed E-state index contributed by atoms with van der Waals surface area (Å²) in [6.45, 7) is 9.42. The van der Waals surface area contributed by atoms with E-state index >= 15 is 0 Å². The minimum atomic E-state index is -0.418. The van der Waals surface area contributed by atoms with Gasteiger partial charge in [-0.1, -0.05) is 25.9 Å². The summed E-state index contributed by atoms with van der Waals surface area (Å²) in [5.41, 5.74) is 1.14. The fraction of sp³-hybridized carbons (Fsp3) is 0.583. The number of pyridine rings is 1. The van der Waals surface area contributed by atoms with Crippen LogP contribution >= 0.6 is 0 Å². The molecule has 1 aliphatic heterocycles. The smallest absolute Gasteiger partial charge is 0.276 e. The van der Waals surface area contributed by atoms with Crippen LogP contribution in [0.15, 0.2) is 35.9 Å². The van der Waals surface area contributed by atoms with Crippen molar-refractivity contribution in [2.75, 3.05) is 18.5 Å². The molecule has 1 amide bonds. The molecule has 2 aromatic heterocycles. The van der Waals surface area contributed by atoms with E-state index in [0.717, 1.165) is 31.4 Å². The molecule has 0 aromatic carbocycles. The number of amidine groups is 1. The lowest BCUT2D eigenvalue weighted by atomic mass is 9.70. The van der Waals surface area contributed by atoms with Gasteiger partial charge in [-0.3, -0.25) is 9.78 Å². The maximum atomic E-state index is 13.3. The van der Waals surface area contributed by atoms with E-state index in [9.17, 15) is 4.79 Å². The molecular weight excluding hydrogens is 404 g/mol. The normalized spacial score (nSPS) is 23.2. The van der Waals surface area contributed by atoms with Crippen LogP contribution in [0, 0.1) is 11.3 Å². The van der Waals surface area contributed by atoms with Gasteiger partial charge in [0.05, 0.1) is 18.1 Å². The molecule has 4 rings (SSSR count). The predicted octanol–water partition coefficient (Wildman–Crippen LogP) is 4.04. The summed E-state index contributed by atoms with van der Waals surface area (Å²) in [7, 11) is 3.87. The van der Waals surface area contributed by atoms with Crippen molar-refractivity contribution in [2.45, 2.75) is 59.1 Å². The van der Waals surface area contributed by atoms with E-state index in [1.807, 2.05) is 33.2 Å². The Morgan fingerprint density at radius 2 is 1.97 bits per heavy atom. The van der Waals surface area contributed by atoms with Crippen LogP contribution in [0.4, 0.5) is 5.69 Å². The third-order valence-electron chi connectivity index (χ3n) is 7.15. The van der Waals surface area contributed by atoms with Gasteiger partial charge in [0.15, 0.2) is 5.82 Å². The number of carbonyl (C=O) groups excluding carboxylic acids is 1. The van der Waals surface area contributed by atoms with Gasteiger partial charge in [-0.05, 0) is 43.2 Å². The first-order chi connectivity index (χ1) is 15.2. The Bertz CT molecular complexity index is 999. The van der Waals surface area contributed by atoms with E-state index in [0.29, 0.717) is 35.2 Å². The number of oxime groups is 1. The van der Waals surface area contributed by atoms with Crippen molar-refractivity contribution in [3.8, 4) is 0 Å². The molecule has 8 heteroatoms. The second-order valence-electron chi connectivity index (χ2n) is 9.94. The Hall–Kier alpha value is -2.90. The van der Waals surface area contributed by atoms with Crippen LogP contribution in [-0.4, -0.2) is 50.5 Å². The summed E-state index contributed by atoms with van der Waals surface area (Å²) < 4.78 is 1.81. The first-order valence-corrected chi connectivity index (χ1v) is 11.4. The highest BCUT2D eigenvalue weighted by Gasteiger charge is 2.49. The highest BCUT2D eigenvalue weighted by Crippen LogP contribution is 2.46. The molecule has 0 saturated heterocycles. The average Bonchev–Trinajstić information content (AvgIpc) is 3.29. The molecule has 1 aliphatic carbocycles. The molecule has 2 aliphatic rings. The number of hydrogen-bond donors (Lipinski definition) is 0. The Labute approximate surface area is 190 Å². The maximum absolute atomic E-state index is 13.3. The van der Waals surface area contributed by atoms with E-state index < -0.39 is 5.72 Å². The van der Waals surface area contributed by atoms with Crippen LogP contribution in [0.1, 0.15) is 69.7 Å². The van der Waals surface area contributed by atoms with Gasteiger partial charge < -0.3 is 19.2 Å². The van der Waals surface area contributed by atoms with E-state index in [2.05, 4.69) is 40.8 Å². The molecule has 0 radical (unpaired) electrons. The molecular formula is C24H34N6O2. The second-order valence-corrected chi connectivity index (χ2v) is 9.94. The summed E-state index contributed by atoms with van der Waals surface area (Å²) in [4.78, 5) is 31.8. The van der Waals surface area contributed by atoms with Gasteiger partial charge in [0, 0.05) is 39.7 Å². The Morgan fingerprint density at radius 1 is 1.25 bits per heavy atom. The molecule has 172 valence electrons. The van der Waals surface area contributed by atoms with Gasteiger partial charge >= 0.3 is 0 Å². The lowest BCUT2D eigenvalue weighted by Crippen LogP contribution is -2.50. The number of carbonyl (C=O) groups is 1. The largest absolute Gasteiger partial charge is 0.365 e. The molecule has 0 N–H and O–H groups in total. The number of anilines is 1. The van der Waals surface area contributed by atoms with E-state index in [1.54, 1.807) is 28.1 Å². The van der Waals surface area contributed by atoms with Crippen LogP contribution in [0.5, 0.6) is 0 Å². The molecule has 0 unspecified atom stereocenters. The van der Waals surface area contributed by atoms with Gasteiger partial charge in [0.1, 0.15) is 5.69 Å². The highest BCUT2D eigenvalue weighted by molar-refractivity contribution is 6.06. The van der Waals surface area contributed by atoms with E-state index in [4.69, 9.17) is 4.84 Å². The van der Waals surface area contributed by atoms with Crippen LogP contribution in [0.2, 0.25) is 0 Å². The Kier molecular flexibility index (Phi) is 5.73. The summed E-state index contributed by atoms with van der Waals surface area (Å²) in [6, 6.07) is 3.71. The molecule has 32 heavy (non-hydrogen) atoms. The monoisotopic (exact) mass is 438 g/mol. The molecule has 1 saturated carbocycles. The average molecular weight is 439 g/mol. The van der Waals surface area contributed by atoms with E-state index in [1.165, 1.54) is 0 Å². The van der Waals surface area contributed by atoms with Crippen molar-refractivity contribution in [1.29, 1.82) is 0 Å². The summed E-state index contributed by atoms with van der Waals surface area (Å²) in [6.07, 6.45) is 9.09. The van der Waals surface area contributed by atoms with Gasteiger partial charge in [0.2, 0.25) is 11.6 Å². The first-order valence-electron chi connectivity index (χ1n) is 11.4. The zero-order valence-electron chi connectivity index (χ0n) is 20.0. The van der Waals surface area contributed by atoms with Crippen molar-refractivity contribution < 1.29 is 9.63 Å². The zero-order chi connectivity index (χ0) is 23.1. The van der Waals surface area contributed by atoms with Crippen LogP contribution in [-0.2, 0) is 11.9 Å². The van der Waals surface area contributed by atoms with Crippen molar-refractivity contribution >= 4 is 17.4 Å². The van der Waals surface area contributed by atoms with Gasteiger partial charge in [-0.2, -0.15) is 0 Å². The fourth-order valence-corrected chi connectivity index (χ4v) is 4.91. The highest BCUT2D eigenvalue weighted by atomic mass is 16.7. The SMILES string of the molecule is CCN(C(=O)c1cnc(C2=NOC3(CCC(C(C)(C)C)CC3)N2C)n1C)c1cccnc1. The van der Waals surface area contributed by atoms with Crippen LogP contribution in [0.25, 0.3) is 0 Å². The van der Waals surface area contributed by atoms with Crippen molar-refractivity contribution in [2.24, 2.45) is 23.5 Å². The third kappa shape index (κ3) is 3.76. The number of aromatic nitrogens is 3. The van der Waals surface area contributed by atoms with Crippen molar-refractivity contribution in [3.63, 3.8) is 0 Å². The molecule has 1 fully saturated rings. The number of imidazole rings is 1. The maximum Gasteiger partial charge on any atom is 0.276 e. The number of amides is 1. The third-order valence-corrected chi connectivity index (χ3v) is 7.15. The molecule has 0 bridgehead atoms. The van der Waals surface area contributed by atoms with Crippen LogP contribution < -0.4 is 4.90 Å². The second kappa shape index (κ2) is 8.22. The van der Waals surface area contributed by atoms with Gasteiger partial charge in [-0.25, -0.2) is 4.98 Å². The molecule has 8 nitrogen and oxygen atoms in total. The van der Waals surface area contributed by atoms with Gasteiger partial charge in [-0.15, -0.1) is 0 Å². The van der Waals surface area contributed by atoms with Crippen molar-refractivity contribution in [3.05, 3.63) is 42.2 Å². The minimum absolute atomic E-state index is 0.121. The molecule has 0 atom stereocenters. The predicted molar refractivity (Wildman–Crippen MR) is 124 cm³/mol. The topological polar surface area (TPSA) is 75.9 Å². The van der Waals surface area contributed by atoms with Gasteiger partial charge in [0.25, 0.3) is 5.91 Å². The lowest BCUT2D eigenvalue weighted by molar-refractivity contribution is -0.127. The Morgan fingerprint density at radius 3 is 2.56 bits per heavy atom. The molecule has 3 heterocycles. The molecule has 2 aromatic rings. The number of hydrogen-bond acceptors (Lipinski definition) is 6. The molecule has 1 spiro atoms. The minimum Gasteiger partial charge on any atom is -0.365 e. The number of nitrogens with zero attached hydrogens (tertiary/aromatic N) is 6. The fourth-order valence-electron chi connectivity index (χ4n) is 4.91. The summed E-state index contributed by atoms with van der Waals surface area (Å²) >= 11 is 0. The zero-order valence-corrected chi connectivity index (χ0v) is 20.0. The summed E-state index contributed by atoms with van der Waals surface area (Å²) in [5, 5.41) is 4.43. The summed E-state index contributed by atoms with van der Waals surface area (Å²) in [5.74, 6) is 1.86. The standard InChI is InChI=1S/C24H34N6O2/c1-7-30(18-9-8-14-25-15-18)22(31)19-16-26-20(28(19)5)21-27-32-24(29(21)6)12-10-17(11-13-24)23(2,3)4/h8-9,14-17H,7,10-13H2,1-6H3. The first kappa shape index (κ1) is 22.3. The van der Waals surface area contributed by atoms with E-state index in [-0.39, 0.29) is 5.91 Å².